The van der Waals surface area contributed by atoms with E-state index in [1.165, 1.54) is 5.56 Å². The Bertz CT molecular complexity index is 442. The molecule has 1 aromatic heterocycles. The molecule has 5 heteroatoms. The molecule has 1 rings (SSSR count). The van der Waals surface area contributed by atoms with Gasteiger partial charge in [-0.1, -0.05) is 25.6 Å². The van der Waals surface area contributed by atoms with Crippen LogP contribution in [-0.2, 0) is 0 Å². The fourth-order valence-corrected chi connectivity index (χ4v) is 3.20. The Balaban J connectivity index is 2.47. The molecule has 1 aromatic rings. The quantitative estimate of drug-likeness (QED) is 0.439. The Morgan fingerprint density at radius 2 is 1.76 bits per heavy atom. The Hall–Kier alpha value is -0.650. The summed E-state index contributed by atoms with van der Waals surface area (Å²) >= 11 is 1.70. The number of nitrogens with zero attached hydrogens (tertiary/aromatic N) is 2. The van der Waals surface area contributed by atoms with E-state index in [2.05, 4.69) is 43.0 Å². The molecule has 1 unspecified atom stereocenters. The van der Waals surface area contributed by atoms with Gasteiger partial charge in [-0.05, 0) is 46.1 Å². The van der Waals surface area contributed by atoms with Gasteiger partial charge in [-0.15, -0.1) is 0 Å². The highest BCUT2D eigenvalue weighted by molar-refractivity contribution is 7.99. The topological polar surface area (TPSA) is 58.0 Å². The summed E-state index contributed by atoms with van der Waals surface area (Å²) in [4.78, 5) is 9.05. The lowest BCUT2D eigenvalue weighted by atomic mass is 9.96. The molecular weight excluding hydrogens is 282 g/mol. The molecule has 21 heavy (non-hydrogen) atoms. The molecule has 0 aliphatic heterocycles. The van der Waals surface area contributed by atoms with Crippen LogP contribution in [-0.4, -0.2) is 39.0 Å². The van der Waals surface area contributed by atoms with Crippen molar-refractivity contribution in [1.29, 1.82) is 0 Å². The van der Waals surface area contributed by atoms with Gasteiger partial charge in [0.1, 0.15) is 0 Å². The van der Waals surface area contributed by atoms with Crippen molar-refractivity contribution in [2.45, 2.75) is 71.1 Å². The Kier molecular flexibility index (Phi) is 7.10. The summed E-state index contributed by atoms with van der Waals surface area (Å²) in [6, 6.07) is 0.375. The van der Waals surface area contributed by atoms with Crippen LogP contribution in [0.15, 0.2) is 5.16 Å². The number of hydrogen-bond acceptors (Lipinski definition) is 5. The number of nitrogens with one attached hydrogen (secondary N) is 1. The molecule has 0 saturated carbocycles. The van der Waals surface area contributed by atoms with Crippen LogP contribution in [0.1, 0.15) is 50.6 Å². The highest BCUT2D eigenvalue weighted by Gasteiger charge is 2.23. The predicted octanol–water partition coefficient (Wildman–Crippen LogP) is 3.02. The molecule has 0 aliphatic carbocycles. The SMILES string of the molecule is Cc1nc(SCCCC(C)(CO)NC(C)C)nc(C)c1C. The summed E-state index contributed by atoms with van der Waals surface area (Å²) in [5.41, 5.74) is 3.10. The van der Waals surface area contributed by atoms with Crippen LogP contribution < -0.4 is 5.32 Å². The van der Waals surface area contributed by atoms with E-state index in [1.54, 1.807) is 11.8 Å². The van der Waals surface area contributed by atoms with Crippen molar-refractivity contribution in [3.05, 3.63) is 17.0 Å². The molecule has 0 radical (unpaired) electrons. The summed E-state index contributed by atoms with van der Waals surface area (Å²) in [6.07, 6.45) is 1.97. The van der Waals surface area contributed by atoms with Crippen LogP contribution >= 0.6 is 11.8 Å². The molecule has 0 fully saturated rings. The van der Waals surface area contributed by atoms with E-state index in [9.17, 15) is 5.11 Å². The van der Waals surface area contributed by atoms with Gasteiger partial charge in [0.2, 0.25) is 0 Å². The van der Waals surface area contributed by atoms with Crippen LogP contribution in [0.3, 0.4) is 0 Å². The van der Waals surface area contributed by atoms with E-state index < -0.39 is 0 Å². The largest absolute Gasteiger partial charge is 0.394 e. The van der Waals surface area contributed by atoms with Crippen molar-refractivity contribution < 1.29 is 5.11 Å². The minimum atomic E-state index is -0.200. The van der Waals surface area contributed by atoms with E-state index in [1.807, 2.05) is 13.8 Å². The summed E-state index contributed by atoms with van der Waals surface area (Å²) < 4.78 is 0. The van der Waals surface area contributed by atoms with Gasteiger partial charge >= 0.3 is 0 Å². The summed E-state index contributed by atoms with van der Waals surface area (Å²) in [7, 11) is 0. The monoisotopic (exact) mass is 311 g/mol. The van der Waals surface area contributed by atoms with Crippen LogP contribution in [0.5, 0.6) is 0 Å². The zero-order valence-corrected chi connectivity index (χ0v) is 15.0. The number of thioether (sulfide) groups is 1. The van der Waals surface area contributed by atoms with Crippen LogP contribution in [0, 0.1) is 20.8 Å². The van der Waals surface area contributed by atoms with Gasteiger partial charge in [0.15, 0.2) is 5.16 Å². The smallest absolute Gasteiger partial charge is 0.187 e. The Labute approximate surface area is 133 Å². The second-order valence-electron chi connectivity index (χ2n) is 6.27. The van der Waals surface area contributed by atoms with Crippen LogP contribution in [0.25, 0.3) is 0 Å². The molecular formula is C16H29N3OS. The van der Waals surface area contributed by atoms with Crippen molar-refractivity contribution in [2.24, 2.45) is 0 Å². The van der Waals surface area contributed by atoms with Crippen molar-refractivity contribution in [1.82, 2.24) is 15.3 Å². The van der Waals surface area contributed by atoms with Gasteiger partial charge < -0.3 is 10.4 Å². The van der Waals surface area contributed by atoms with Gasteiger partial charge in [0.25, 0.3) is 0 Å². The number of rotatable bonds is 8. The first-order chi connectivity index (χ1) is 9.77. The molecule has 0 amide bonds. The molecule has 1 atom stereocenters. The maximum absolute atomic E-state index is 9.56. The van der Waals surface area contributed by atoms with E-state index >= 15 is 0 Å². The zero-order valence-electron chi connectivity index (χ0n) is 14.2. The average molecular weight is 311 g/mol. The normalized spacial score (nSPS) is 14.5. The fourth-order valence-electron chi connectivity index (χ4n) is 2.33. The van der Waals surface area contributed by atoms with Crippen LogP contribution in [0.2, 0.25) is 0 Å². The lowest BCUT2D eigenvalue weighted by Crippen LogP contribution is -2.49. The van der Waals surface area contributed by atoms with Crippen molar-refractivity contribution in [3.8, 4) is 0 Å². The Morgan fingerprint density at radius 1 is 1.19 bits per heavy atom. The number of aliphatic hydroxyl groups is 1. The predicted molar refractivity (Wildman–Crippen MR) is 90.0 cm³/mol. The van der Waals surface area contributed by atoms with Crippen molar-refractivity contribution >= 4 is 11.8 Å². The summed E-state index contributed by atoms with van der Waals surface area (Å²) in [5, 5.41) is 13.9. The molecule has 120 valence electrons. The summed E-state index contributed by atoms with van der Waals surface area (Å²) in [5.74, 6) is 0.970. The maximum Gasteiger partial charge on any atom is 0.187 e. The number of aryl methyl sites for hydroxylation is 2. The number of aromatic nitrogens is 2. The minimum Gasteiger partial charge on any atom is -0.394 e. The molecule has 1 heterocycles. The molecule has 0 saturated heterocycles. The van der Waals surface area contributed by atoms with Crippen LogP contribution in [0.4, 0.5) is 0 Å². The van der Waals surface area contributed by atoms with E-state index in [0.717, 1.165) is 35.1 Å². The first kappa shape index (κ1) is 18.4. The van der Waals surface area contributed by atoms with Gasteiger partial charge in [-0.2, -0.15) is 0 Å². The third-order valence-electron chi connectivity index (χ3n) is 3.70. The van der Waals surface area contributed by atoms with Gasteiger partial charge in [0, 0.05) is 28.7 Å². The number of hydrogen-bond donors (Lipinski definition) is 2. The van der Waals surface area contributed by atoms with Gasteiger partial charge in [0.05, 0.1) is 6.61 Å². The maximum atomic E-state index is 9.56. The zero-order chi connectivity index (χ0) is 16.0. The second kappa shape index (κ2) is 8.11. The molecule has 0 aliphatic rings. The van der Waals surface area contributed by atoms with Crippen molar-refractivity contribution in [3.63, 3.8) is 0 Å². The Morgan fingerprint density at radius 3 is 2.24 bits per heavy atom. The number of aliphatic hydroxyl groups excluding tert-OH is 1. The molecule has 0 aromatic carbocycles. The molecule has 2 N–H and O–H groups in total. The highest BCUT2D eigenvalue weighted by Crippen LogP contribution is 2.21. The highest BCUT2D eigenvalue weighted by atomic mass is 32.2. The van der Waals surface area contributed by atoms with E-state index in [0.29, 0.717) is 6.04 Å². The average Bonchev–Trinajstić information content (AvgIpc) is 2.40. The third-order valence-corrected chi connectivity index (χ3v) is 4.64. The second-order valence-corrected chi connectivity index (χ2v) is 7.33. The molecule has 0 bridgehead atoms. The first-order valence-corrected chi connectivity index (χ1v) is 8.59. The third kappa shape index (κ3) is 5.93. The van der Waals surface area contributed by atoms with E-state index in [-0.39, 0.29) is 12.1 Å². The molecule has 0 spiro atoms. The standard InChI is InChI=1S/C16H29N3OS/c1-11(2)19-16(6,10-20)8-7-9-21-15-17-13(4)12(3)14(5)18-15/h11,19-20H,7-10H2,1-6H3. The van der Waals surface area contributed by atoms with E-state index in [4.69, 9.17) is 0 Å². The lowest BCUT2D eigenvalue weighted by Gasteiger charge is -2.31. The van der Waals surface area contributed by atoms with Gasteiger partial charge in [-0.3, -0.25) is 0 Å². The minimum absolute atomic E-state index is 0.162. The van der Waals surface area contributed by atoms with Gasteiger partial charge in [-0.25, -0.2) is 9.97 Å². The fraction of sp³-hybridized carbons (Fsp3) is 0.750. The lowest BCUT2D eigenvalue weighted by molar-refractivity contribution is 0.156. The molecule has 4 nitrogen and oxygen atoms in total. The summed E-state index contributed by atoms with van der Waals surface area (Å²) in [6.45, 7) is 12.6. The first-order valence-electron chi connectivity index (χ1n) is 7.60. The van der Waals surface area contributed by atoms with Crippen molar-refractivity contribution in [2.75, 3.05) is 12.4 Å².